The molecule has 2 N–H and O–H groups in total. The molecule has 1 aliphatic heterocycles. The molecule has 1 aliphatic rings. The summed E-state index contributed by atoms with van der Waals surface area (Å²) in [5, 5.41) is 3.02. The van der Waals surface area contributed by atoms with Crippen molar-refractivity contribution in [1.29, 1.82) is 0 Å². The maximum absolute atomic E-state index is 13.4. The van der Waals surface area contributed by atoms with Gasteiger partial charge in [-0.1, -0.05) is 29.8 Å². The van der Waals surface area contributed by atoms with E-state index in [1.165, 1.54) is 42.5 Å². The number of nitrogens with zero attached hydrogens (tertiary/aromatic N) is 1. The van der Waals surface area contributed by atoms with Gasteiger partial charge in [0.2, 0.25) is 5.91 Å². The van der Waals surface area contributed by atoms with E-state index in [1.54, 1.807) is 36.4 Å². The molecule has 0 fully saturated rings. The van der Waals surface area contributed by atoms with Crippen LogP contribution in [-0.2, 0) is 24.8 Å². The number of sulfonamides is 2. The number of rotatable bonds is 6. The Labute approximate surface area is 223 Å². The van der Waals surface area contributed by atoms with Crippen LogP contribution in [-0.4, -0.2) is 29.3 Å². The Morgan fingerprint density at radius 1 is 0.868 bits per heavy atom. The molecule has 0 spiro atoms. The largest absolute Gasteiger partial charge is 0.325 e. The summed E-state index contributed by atoms with van der Waals surface area (Å²) in [6.45, 7) is -0.516. The third-order valence-corrected chi connectivity index (χ3v) is 9.25. The third kappa shape index (κ3) is 4.95. The molecule has 0 unspecified atom stereocenters. The van der Waals surface area contributed by atoms with Gasteiger partial charge in [0.1, 0.15) is 12.4 Å². The molecule has 5 rings (SSSR count). The molecular weight excluding hydrogens is 553 g/mol. The molecule has 0 aromatic heterocycles. The fraction of sp³-hybridized carbons (Fsp3) is 0.0385. The van der Waals surface area contributed by atoms with E-state index in [4.69, 9.17) is 11.6 Å². The van der Waals surface area contributed by atoms with Gasteiger partial charge in [-0.15, -0.1) is 0 Å². The minimum atomic E-state index is -4.04. The SMILES string of the molecule is O=C(CN1c2ccc(Cl)cc2-c2ccccc2S1(=O)=O)Nc1ccc(S(=O)(=O)Nc2ccc(F)cc2)cc1. The molecule has 12 heteroatoms. The van der Waals surface area contributed by atoms with Gasteiger partial charge in [0.15, 0.2) is 0 Å². The number of amides is 1. The van der Waals surface area contributed by atoms with Gasteiger partial charge in [0.25, 0.3) is 20.0 Å². The van der Waals surface area contributed by atoms with Gasteiger partial charge in [0.05, 0.1) is 15.5 Å². The lowest BCUT2D eigenvalue weighted by Gasteiger charge is -2.31. The second-order valence-electron chi connectivity index (χ2n) is 8.35. The molecule has 1 amide bonds. The second kappa shape index (κ2) is 9.75. The predicted octanol–water partition coefficient (Wildman–Crippen LogP) is 5.09. The zero-order valence-corrected chi connectivity index (χ0v) is 21.8. The van der Waals surface area contributed by atoms with Gasteiger partial charge in [-0.3, -0.25) is 13.8 Å². The van der Waals surface area contributed by atoms with Crippen LogP contribution in [0.4, 0.5) is 21.5 Å². The van der Waals surface area contributed by atoms with Crippen LogP contribution in [0, 0.1) is 5.82 Å². The number of nitrogens with one attached hydrogen (secondary N) is 2. The highest BCUT2D eigenvalue weighted by atomic mass is 35.5. The number of fused-ring (bicyclic) bond motifs is 3. The quantitative estimate of drug-likeness (QED) is 0.334. The summed E-state index contributed by atoms with van der Waals surface area (Å²) < 4.78 is 68.4. The highest BCUT2D eigenvalue weighted by Gasteiger charge is 2.36. The van der Waals surface area contributed by atoms with Crippen molar-refractivity contribution in [2.75, 3.05) is 20.9 Å². The van der Waals surface area contributed by atoms with Crippen LogP contribution in [0.1, 0.15) is 0 Å². The second-order valence-corrected chi connectivity index (χ2v) is 12.3. The van der Waals surface area contributed by atoms with Gasteiger partial charge in [-0.2, -0.15) is 0 Å². The smallest absolute Gasteiger partial charge is 0.265 e. The fourth-order valence-corrected chi connectivity index (χ4v) is 6.93. The molecule has 38 heavy (non-hydrogen) atoms. The number of carbonyl (C=O) groups excluding carboxylic acids is 1. The summed E-state index contributed by atoms with van der Waals surface area (Å²) in [6, 6.07) is 21.4. The lowest BCUT2D eigenvalue weighted by molar-refractivity contribution is -0.114. The van der Waals surface area contributed by atoms with Crippen molar-refractivity contribution in [3.05, 3.63) is 102 Å². The van der Waals surface area contributed by atoms with E-state index in [-0.39, 0.29) is 21.2 Å². The van der Waals surface area contributed by atoms with E-state index < -0.39 is 38.3 Å². The topological polar surface area (TPSA) is 113 Å². The van der Waals surface area contributed by atoms with Crippen LogP contribution < -0.4 is 14.3 Å². The Bertz CT molecular complexity index is 1760. The summed E-state index contributed by atoms with van der Waals surface area (Å²) >= 11 is 6.16. The van der Waals surface area contributed by atoms with Gasteiger partial charge in [-0.05, 0) is 72.8 Å². The molecule has 0 saturated carbocycles. The van der Waals surface area contributed by atoms with E-state index >= 15 is 0 Å². The van der Waals surface area contributed by atoms with Crippen molar-refractivity contribution in [2.24, 2.45) is 0 Å². The third-order valence-electron chi connectivity index (χ3n) is 5.80. The predicted molar refractivity (Wildman–Crippen MR) is 144 cm³/mol. The molecule has 1 heterocycles. The molecule has 0 atom stereocenters. The normalized spacial score (nSPS) is 13.8. The van der Waals surface area contributed by atoms with Crippen LogP contribution in [0.15, 0.2) is 101 Å². The maximum atomic E-state index is 13.4. The number of carbonyl (C=O) groups is 1. The summed E-state index contributed by atoms with van der Waals surface area (Å²) in [4.78, 5) is 12.9. The van der Waals surface area contributed by atoms with E-state index in [0.717, 1.165) is 16.4 Å². The van der Waals surface area contributed by atoms with E-state index in [1.807, 2.05) is 0 Å². The zero-order valence-electron chi connectivity index (χ0n) is 19.4. The number of hydrogen-bond donors (Lipinski definition) is 2. The standard InChI is InChI=1S/C26H19ClFN3O5S2/c27-17-5-14-24-23(15-17)22-3-1-2-4-25(22)38(35,36)31(24)16-26(32)29-19-10-12-21(13-11-19)37(33,34)30-20-8-6-18(28)7-9-20/h1-15,30H,16H2,(H,29,32). The Morgan fingerprint density at radius 3 is 2.24 bits per heavy atom. The van der Waals surface area contributed by atoms with Crippen molar-refractivity contribution in [2.45, 2.75) is 9.79 Å². The first kappa shape index (κ1) is 25.7. The number of anilines is 3. The Morgan fingerprint density at radius 2 is 1.53 bits per heavy atom. The van der Waals surface area contributed by atoms with Crippen molar-refractivity contribution in [3.63, 3.8) is 0 Å². The highest BCUT2D eigenvalue weighted by molar-refractivity contribution is 7.93. The molecule has 4 aromatic rings. The molecular formula is C26H19ClFN3O5S2. The lowest BCUT2D eigenvalue weighted by Crippen LogP contribution is -2.40. The average molecular weight is 572 g/mol. The minimum absolute atomic E-state index is 0.0609. The van der Waals surface area contributed by atoms with Crippen LogP contribution in [0.3, 0.4) is 0 Å². The van der Waals surface area contributed by atoms with Crippen LogP contribution >= 0.6 is 11.6 Å². The molecule has 0 aliphatic carbocycles. The van der Waals surface area contributed by atoms with E-state index in [0.29, 0.717) is 21.8 Å². The van der Waals surface area contributed by atoms with Gasteiger partial charge < -0.3 is 5.32 Å². The molecule has 0 radical (unpaired) electrons. The number of hydrogen-bond acceptors (Lipinski definition) is 5. The van der Waals surface area contributed by atoms with Crippen molar-refractivity contribution in [3.8, 4) is 11.1 Å². The molecule has 4 aromatic carbocycles. The average Bonchev–Trinajstić information content (AvgIpc) is 2.88. The van der Waals surface area contributed by atoms with Crippen LogP contribution in [0.25, 0.3) is 11.1 Å². The zero-order chi connectivity index (χ0) is 27.1. The Balaban J connectivity index is 1.34. The summed E-state index contributed by atoms with van der Waals surface area (Å²) in [6.07, 6.45) is 0. The lowest BCUT2D eigenvalue weighted by atomic mass is 10.0. The van der Waals surface area contributed by atoms with Crippen molar-refractivity contribution in [1.82, 2.24) is 0 Å². The molecule has 194 valence electrons. The number of halogens is 2. The van der Waals surface area contributed by atoms with Crippen molar-refractivity contribution >= 4 is 54.6 Å². The summed E-state index contributed by atoms with van der Waals surface area (Å²) in [5.74, 6) is -1.13. The molecule has 0 bridgehead atoms. The molecule has 8 nitrogen and oxygen atoms in total. The van der Waals surface area contributed by atoms with Gasteiger partial charge in [0, 0.05) is 27.5 Å². The van der Waals surface area contributed by atoms with Gasteiger partial charge >= 0.3 is 0 Å². The van der Waals surface area contributed by atoms with Crippen molar-refractivity contribution < 1.29 is 26.0 Å². The first-order valence-corrected chi connectivity index (χ1v) is 14.4. The van der Waals surface area contributed by atoms with E-state index in [2.05, 4.69) is 10.0 Å². The fourth-order valence-electron chi connectivity index (χ4n) is 4.05. The maximum Gasteiger partial charge on any atom is 0.265 e. The Hall–Kier alpha value is -3.93. The van der Waals surface area contributed by atoms with Gasteiger partial charge in [-0.25, -0.2) is 21.2 Å². The van der Waals surface area contributed by atoms with E-state index in [9.17, 15) is 26.0 Å². The molecule has 0 saturated heterocycles. The first-order chi connectivity index (χ1) is 18.0. The minimum Gasteiger partial charge on any atom is -0.325 e. The van der Waals surface area contributed by atoms with Crippen LogP contribution in [0.5, 0.6) is 0 Å². The Kier molecular flexibility index (Phi) is 6.59. The summed E-state index contributed by atoms with van der Waals surface area (Å²) in [7, 11) is -8.00. The number of benzene rings is 4. The monoisotopic (exact) mass is 571 g/mol. The highest BCUT2D eigenvalue weighted by Crippen LogP contribution is 2.43. The van der Waals surface area contributed by atoms with Crippen LogP contribution in [0.2, 0.25) is 5.02 Å². The summed E-state index contributed by atoms with van der Waals surface area (Å²) in [5.41, 5.74) is 1.85. The first-order valence-electron chi connectivity index (χ1n) is 11.1.